The number of aliphatic imine (C=N–C) groups is 1. The van der Waals surface area contributed by atoms with Gasteiger partial charge >= 0.3 is 0 Å². The van der Waals surface area contributed by atoms with E-state index in [9.17, 15) is 9.59 Å². The molecule has 10 heteroatoms. The van der Waals surface area contributed by atoms with Gasteiger partial charge in [-0.25, -0.2) is 14.7 Å². The number of nitrogens with two attached hydrogens (primary N) is 2. The molecule has 0 aliphatic carbocycles. The molecule has 2 aromatic carbocycles. The summed E-state index contributed by atoms with van der Waals surface area (Å²) in [5, 5.41) is 4.37. The number of para-hydroxylation sites is 1. The van der Waals surface area contributed by atoms with Crippen LogP contribution in [0.25, 0.3) is 16.6 Å². The van der Waals surface area contributed by atoms with Crippen molar-refractivity contribution in [1.29, 1.82) is 0 Å². The summed E-state index contributed by atoms with van der Waals surface area (Å²) in [6, 6.07) is 19.0. The molecular formula is C32H30N8O2. The van der Waals surface area contributed by atoms with Crippen molar-refractivity contribution in [3.05, 3.63) is 118 Å². The fraction of sp³-hybridized carbons (Fsp3) is 0.125. The first-order valence-corrected chi connectivity index (χ1v) is 13.1. The molecule has 0 unspecified atom stereocenters. The van der Waals surface area contributed by atoms with Crippen molar-refractivity contribution in [2.75, 3.05) is 5.73 Å². The Labute approximate surface area is 243 Å². The summed E-state index contributed by atoms with van der Waals surface area (Å²) >= 11 is 0. The molecule has 5 aromatic rings. The van der Waals surface area contributed by atoms with Gasteiger partial charge in [-0.15, -0.1) is 0 Å². The highest BCUT2D eigenvalue weighted by atomic mass is 16.1. The maximum Gasteiger partial charge on any atom is 0.267 e. The molecule has 0 bridgehead atoms. The van der Waals surface area contributed by atoms with E-state index in [2.05, 4.69) is 33.5 Å². The number of hydrogen-bond donors (Lipinski definition) is 2. The molecule has 3 aromatic heterocycles. The molecule has 0 atom stereocenters. The average molecular weight is 559 g/mol. The van der Waals surface area contributed by atoms with E-state index in [1.165, 1.54) is 17.0 Å². The van der Waals surface area contributed by atoms with E-state index < -0.39 is 5.91 Å². The molecule has 0 aliphatic rings. The Morgan fingerprint density at radius 2 is 1.79 bits per heavy atom. The number of anilines is 1. The largest absolute Gasteiger partial charge is 0.381 e. The van der Waals surface area contributed by atoms with Crippen molar-refractivity contribution in [3.8, 4) is 17.5 Å². The normalized spacial score (nSPS) is 10.5. The van der Waals surface area contributed by atoms with Gasteiger partial charge in [-0.1, -0.05) is 55.7 Å². The number of fused-ring (bicyclic) bond motifs is 1. The van der Waals surface area contributed by atoms with Crippen LogP contribution in [-0.4, -0.2) is 36.4 Å². The number of amides is 1. The topological polar surface area (TPSA) is 147 Å². The molecule has 4 N–H and O–H groups in total. The van der Waals surface area contributed by atoms with Crippen molar-refractivity contribution in [3.63, 3.8) is 0 Å². The van der Waals surface area contributed by atoms with Gasteiger partial charge in [0.25, 0.3) is 11.5 Å². The number of carbonyl (C=O) groups is 1. The molecule has 0 saturated carbocycles. The number of aryl methyl sites for hydroxylation is 3. The first-order valence-electron chi connectivity index (χ1n) is 13.1. The lowest BCUT2D eigenvalue weighted by Gasteiger charge is -2.13. The van der Waals surface area contributed by atoms with Gasteiger partial charge in [0, 0.05) is 37.0 Å². The van der Waals surface area contributed by atoms with Gasteiger partial charge in [0.05, 0.1) is 22.3 Å². The Hall–Kier alpha value is -5.82. The third-order valence-corrected chi connectivity index (χ3v) is 6.23. The lowest BCUT2D eigenvalue weighted by molar-refractivity contribution is 0.100. The Balaban J connectivity index is 0.000000244. The molecule has 42 heavy (non-hydrogen) atoms. The van der Waals surface area contributed by atoms with Gasteiger partial charge in [-0.2, -0.15) is 5.10 Å². The number of rotatable bonds is 5. The summed E-state index contributed by atoms with van der Waals surface area (Å²) in [5.41, 5.74) is 14.5. The molecule has 1 amide bonds. The zero-order valence-corrected chi connectivity index (χ0v) is 23.6. The number of nitrogens with zero attached hydrogens (tertiary/aromatic N) is 6. The quantitative estimate of drug-likeness (QED) is 0.246. The number of carbonyl (C=O) groups excluding carboxylic acids is 1. The Bertz CT molecular complexity index is 1930. The second kappa shape index (κ2) is 13.0. The SMILES string of the molecule is C=C/C=N\c1c(C(N)=O)c(N)nn1C.CCc1nc2cccc(C#Cc3cccnc3C)c2c(=O)n1-c1ccccc1. The van der Waals surface area contributed by atoms with Gasteiger partial charge in [0.2, 0.25) is 0 Å². The number of pyridine rings is 1. The second-order valence-electron chi connectivity index (χ2n) is 9.03. The minimum absolute atomic E-state index is 0.0798. The number of aromatic nitrogens is 5. The smallest absolute Gasteiger partial charge is 0.267 e. The zero-order chi connectivity index (χ0) is 30.2. The van der Waals surface area contributed by atoms with Crippen molar-refractivity contribution in [2.45, 2.75) is 20.3 Å². The Morgan fingerprint density at radius 1 is 1.07 bits per heavy atom. The lowest BCUT2D eigenvalue weighted by atomic mass is 10.1. The number of nitrogen functional groups attached to an aromatic ring is 1. The fourth-order valence-electron chi connectivity index (χ4n) is 4.25. The molecule has 5 rings (SSSR count). The minimum atomic E-state index is -0.646. The van der Waals surface area contributed by atoms with Crippen LogP contribution in [0.15, 0.2) is 89.3 Å². The average Bonchev–Trinajstić information content (AvgIpc) is 3.28. The van der Waals surface area contributed by atoms with Crippen molar-refractivity contribution in [2.24, 2.45) is 17.8 Å². The second-order valence-corrected chi connectivity index (χ2v) is 9.03. The maximum atomic E-state index is 13.5. The van der Waals surface area contributed by atoms with Crippen LogP contribution in [0.1, 0.15) is 39.9 Å². The molecule has 210 valence electrons. The Morgan fingerprint density at radius 3 is 2.45 bits per heavy atom. The number of allylic oxidation sites excluding steroid dienone is 1. The first-order chi connectivity index (χ1) is 20.3. The molecule has 0 saturated heterocycles. The molecule has 0 fully saturated rings. The zero-order valence-electron chi connectivity index (χ0n) is 23.6. The summed E-state index contributed by atoms with van der Waals surface area (Å²) in [6.07, 6.45) is 5.31. The van der Waals surface area contributed by atoms with E-state index in [0.717, 1.165) is 22.8 Å². The van der Waals surface area contributed by atoms with Crippen LogP contribution in [-0.2, 0) is 13.5 Å². The summed E-state index contributed by atoms with van der Waals surface area (Å²) in [4.78, 5) is 37.4. The number of primary amides is 1. The van der Waals surface area contributed by atoms with Crippen LogP contribution >= 0.6 is 0 Å². The maximum absolute atomic E-state index is 13.5. The highest BCUT2D eigenvalue weighted by molar-refractivity contribution is 6.02. The molecule has 3 heterocycles. The molecule has 0 spiro atoms. The molecule has 0 radical (unpaired) electrons. The van der Waals surface area contributed by atoms with Crippen LogP contribution in [0.5, 0.6) is 0 Å². The third kappa shape index (κ3) is 6.16. The number of benzene rings is 2. The summed E-state index contributed by atoms with van der Waals surface area (Å²) in [7, 11) is 1.62. The van der Waals surface area contributed by atoms with E-state index in [1.807, 2.05) is 74.5 Å². The van der Waals surface area contributed by atoms with Gasteiger partial charge in [0.1, 0.15) is 11.4 Å². The number of hydrogen-bond acceptors (Lipinski definition) is 7. The van der Waals surface area contributed by atoms with Crippen molar-refractivity contribution >= 4 is 34.7 Å². The summed E-state index contributed by atoms with van der Waals surface area (Å²) in [6.45, 7) is 7.38. The van der Waals surface area contributed by atoms with Crippen molar-refractivity contribution < 1.29 is 4.79 Å². The first kappa shape index (κ1) is 29.2. The Kier molecular flexibility index (Phi) is 9.04. The summed E-state index contributed by atoms with van der Waals surface area (Å²) in [5.74, 6) is 6.80. The lowest BCUT2D eigenvalue weighted by Crippen LogP contribution is -2.24. The predicted molar refractivity (Wildman–Crippen MR) is 166 cm³/mol. The monoisotopic (exact) mass is 558 g/mol. The van der Waals surface area contributed by atoms with Gasteiger partial charge in [-0.3, -0.25) is 19.1 Å². The van der Waals surface area contributed by atoms with E-state index in [1.54, 1.807) is 17.8 Å². The molecule has 10 nitrogen and oxygen atoms in total. The van der Waals surface area contributed by atoms with E-state index in [-0.39, 0.29) is 16.9 Å². The molecule has 0 aliphatic heterocycles. The summed E-state index contributed by atoms with van der Waals surface area (Å²) < 4.78 is 3.07. The molecular weight excluding hydrogens is 528 g/mol. The van der Waals surface area contributed by atoms with Gasteiger partial charge in [0.15, 0.2) is 11.6 Å². The van der Waals surface area contributed by atoms with E-state index >= 15 is 0 Å². The van der Waals surface area contributed by atoms with Crippen molar-refractivity contribution in [1.82, 2.24) is 24.3 Å². The predicted octanol–water partition coefficient (Wildman–Crippen LogP) is 4.04. The van der Waals surface area contributed by atoms with Crippen LogP contribution in [0.2, 0.25) is 0 Å². The van der Waals surface area contributed by atoms with Crippen LogP contribution < -0.4 is 17.0 Å². The van der Waals surface area contributed by atoms with E-state index in [0.29, 0.717) is 28.7 Å². The van der Waals surface area contributed by atoms with Gasteiger partial charge in [-0.05, 0) is 43.3 Å². The van der Waals surface area contributed by atoms with E-state index in [4.69, 9.17) is 16.5 Å². The van der Waals surface area contributed by atoms with Crippen LogP contribution in [0.4, 0.5) is 11.6 Å². The highest BCUT2D eigenvalue weighted by Gasteiger charge is 2.17. The van der Waals surface area contributed by atoms with Crippen LogP contribution in [0.3, 0.4) is 0 Å². The third-order valence-electron chi connectivity index (χ3n) is 6.23. The minimum Gasteiger partial charge on any atom is -0.381 e. The standard InChI is InChI=1S/C24H19N3O.C8H11N5O/c1-3-22-26-21-13-7-9-19(15-14-18-10-8-16-25-17(18)2)23(21)24(28)27(22)20-11-5-4-6-12-20;1-3-4-11-8-5(7(10)14)6(9)12-13(8)2/h4-13,16H,3H2,1-2H3;3-4H,1H2,2H3,(H2,9,12)(H2,10,14)/b;11-4-. The van der Waals surface area contributed by atoms with Gasteiger partial charge < -0.3 is 11.5 Å². The fourth-order valence-corrected chi connectivity index (χ4v) is 4.25. The highest BCUT2D eigenvalue weighted by Crippen LogP contribution is 2.23. The van der Waals surface area contributed by atoms with Crippen LogP contribution in [0, 0.1) is 18.8 Å².